The molecule has 0 aliphatic heterocycles. The Balaban J connectivity index is 1.97. The minimum absolute atomic E-state index is 0.604. The number of hydrogen-bond donors (Lipinski definition) is 1. The van der Waals surface area contributed by atoms with Gasteiger partial charge in [0.15, 0.2) is 0 Å². The summed E-state index contributed by atoms with van der Waals surface area (Å²) in [5.41, 5.74) is 2.41. The minimum Gasteiger partial charge on any atom is -0.492 e. The van der Waals surface area contributed by atoms with Gasteiger partial charge < -0.3 is 10.1 Å². The molecule has 20 heavy (non-hydrogen) atoms. The van der Waals surface area contributed by atoms with Gasteiger partial charge in [0, 0.05) is 6.04 Å². The highest BCUT2D eigenvalue weighted by Crippen LogP contribution is 2.33. The van der Waals surface area contributed by atoms with Crippen LogP contribution in [-0.2, 0) is 0 Å². The molecule has 0 radical (unpaired) electrons. The molecule has 1 saturated carbocycles. The summed E-state index contributed by atoms with van der Waals surface area (Å²) < 4.78 is 5.76. The van der Waals surface area contributed by atoms with Gasteiger partial charge in [-0.05, 0) is 69.1 Å². The first-order valence-electron chi connectivity index (χ1n) is 8.10. The maximum atomic E-state index is 5.76. The minimum atomic E-state index is 0.604. The van der Waals surface area contributed by atoms with E-state index in [1.54, 1.807) is 0 Å². The second kappa shape index (κ2) is 7.01. The monoisotopic (exact) mass is 275 g/mol. The van der Waals surface area contributed by atoms with E-state index in [9.17, 15) is 0 Å². The van der Waals surface area contributed by atoms with E-state index in [2.05, 4.69) is 44.3 Å². The summed E-state index contributed by atoms with van der Waals surface area (Å²) in [7, 11) is 0. The molecule has 0 heterocycles. The number of aryl methyl sites for hydroxylation is 1. The van der Waals surface area contributed by atoms with E-state index in [0.29, 0.717) is 6.04 Å². The molecule has 0 saturated heterocycles. The Bertz CT molecular complexity index is 419. The van der Waals surface area contributed by atoms with Crippen LogP contribution >= 0.6 is 0 Å². The smallest absolute Gasteiger partial charge is 0.142 e. The molecule has 0 amide bonds. The number of rotatable bonds is 5. The van der Waals surface area contributed by atoms with Gasteiger partial charge in [0.25, 0.3) is 0 Å². The fraction of sp³-hybridized carbons (Fsp3) is 0.667. The predicted octanol–water partition coefficient (Wildman–Crippen LogP) is 5.02. The van der Waals surface area contributed by atoms with Gasteiger partial charge in [0.2, 0.25) is 0 Å². The first kappa shape index (κ1) is 15.2. The van der Waals surface area contributed by atoms with Crippen molar-refractivity contribution in [2.45, 2.75) is 59.4 Å². The zero-order chi connectivity index (χ0) is 14.5. The van der Waals surface area contributed by atoms with E-state index >= 15 is 0 Å². The second-order valence-corrected chi connectivity index (χ2v) is 6.43. The lowest BCUT2D eigenvalue weighted by Gasteiger charge is -2.32. The molecule has 0 atom stereocenters. The van der Waals surface area contributed by atoms with Crippen molar-refractivity contribution in [2.24, 2.45) is 11.8 Å². The molecular weight excluding hydrogens is 246 g/mol. The van der Waals surface area contributed by atoms with Gasteiger partial charge in [-0.1, -0.05) is 19.9 Å². The molecule has 1 fully saturated rings. The predicted molar refractivity (Wildman–Crippen MR) is 86.6 cm³/mol. The van der Waals surface area contributed by atoms with E-state index in [-0.39, 0.29) is 0 Å². The van der Waals surface area contributed by atoms with Crippen LogP contribution in [0.15, 0.2) is 18.2 Å². The Labute approximate surface area is 123 Å². The molecule has 2 heteroatoms. The molecule has 1 aliphatic carbocycles. The van der Waals surface area contributed by atoms with Crippen molar-refractivity contribution >= 4 is 5.69 Å². The summed E-state index contributed by atoms with van der Waals surface area (Å²) in [5.74, 6) is 2.74. The van der Waals surface area contributed by atoms with Gasteiger partial charge in [-0.2, -0.15) is 0 Å². The van der Waals surface area contributed by atoms with Crippen LogP contribution in [0.2, 0.25) is 0 Å². The zero-order valence-electron chi connectivity index (χ0n) is 13.4. The molecule has 1 aromatic carbocycles. The molecule has 2 nitrogen and oxygen atoms in total. The Hall–Kier alpha value is -1.18. The van der Waals surface area contributed by atoms with Gasteiger partial charge in [0.1, 0.15) is 5.75 Å². The highest BCUT2D eigenvalue weighted by Gasteiger charge is 2.23. The summed E-state index contributed by atoms with van der Waals surface area (Å²) >= 11 is 0. The lowest BCUT2D eigenvalue weighted by atomic mass is 9.79. The Morgan fingerprint density at radius 2 is 1.90 bits per heavy atom. The maximum absolute atomic E-state index is 5.76. The van der Waals surface area contributed by atoms with Crippen molar-refractivity contribution in [3.8, 4) is 5.75 Å². The number of hydrogen-bond acceptors (Lipinski definition) is 2. The molecule has 2 rings (SSSR count). The van der Waals surface area contributed by atoms with Crippen LogP contribution in [0.1, 0.15) is 52.0 Å². The van der Waals surface area contributed by atoms with Crippen molar-refractivity contribution in [3.05, 3.63) is 23.8 Å². The average Bonchev–Trinajstić information content (AvgIpc) is 2.43. The average molecular weight is 275 g/mol. The molecule has 0 spiro atoms. The van der Waals surface area contributed by atoms with Crippen molar-refractivity contribution in [1.29, 1.82) is 0 Å². The van der Waals surface area contributed by atoms with Crippen LogP contribution in [0.4, 0.5) is 5.69 Å². The molecule has 112 valence electrons. The first-order valence-corrected chi connectivity index (χ1v) is 8.10. The third-order valence-electron chi connectivity index (χ3n) is 4.51. The zero-order valence-corrected chi connectivity index (χ0v) is 13.4. The van der Waals surface area contributed by atoms with Crippen molar-refractivity contribution in [3.63, 3.8) is 0 Å². The SMILES string of the molecule is CCOc1cc(C)ccc1NC1CCC(C(C)C)CC1. The highest BCUT2D eigenvalue weighted by molar-refractivity contribution is 5.58. The van der Waals surface area contributed by atoms with Gasteiger partial charge in [-0.15, -0.1) is 0 Å². The molecule has 0 unspecified atom stereocenters. The summed E-state index contributed by atoms with van der Waals surface area (Å²) in [6, 6.07) is 7.05. The summed E-state index contributed by atoms with van der Waals surface area (Å²) in [5, 5.41) is 3.70. The molecule has 1 aromatic rings. The third kappa shape index (κ3) is 3.91. The van der Waals surface area contributed by atoms with Crippen LogP contribution < -0.4 is 10.1 Å². The number of ether oxygens (including phenoxy) is 1. The van der Waals surface area contributed by atoms with Crippen molar-refractivity contribution < 1.29 is 4.74 Å². The van der Waals surface area contributed by atoms with Crippen LogP contribution in [-0.4, -0.2) is 12.6 Å². The normalized spacial score (nSPS) is 22.9. The Kier molecular flexibility index (Phi) is 5.33. The van der Waals surface area contributed by atoms with Crippen LogP contribution in [0, 0.1) is 18.8 Å². The maximum Gasteiger partial charge on any atom is 0.142 e. The highest BCUT2D eigenvalue weighted by atomic mass is 16.5. The van der Waals surface area contributed by atoms with Gasteiger partial charge in [-0.25, -0.2) is 0 Å². The Morgan fingerprint density at radius 3 is 2.50 bits per heavy atom. The van der Waals surface area contributed by atoms with E-state index in [4.69, 9.17) is 4.74 Å². The standard InChI is InChI=1S/C18H29NO/c1-5-20-18-12-14(4)6-11-17(18)19-16-9-7-15(8-10-16)13(2)3/h6,11-13,15-16,19H,5,7-10H2,1-4H3. The van der Waals surface area contributed by atoms with Crippen LogP contribution in [0.3, 0.4) is 0 Å². The van der Waals surface area contributed by atoms with Gasteiger partial charge in [-0.3, -0.25) is 0 Å². The van der Waals surface area contributed by atoms with E-state index in [1.807, 2.05) is 6.92 Å². The van der Waals surface area contributed by atoms with Crippen LogP contribution in [0.25, 0.3) is 0 Å². The fourth-order valence-corrected chi connectivity index (χ4v) is 3.17. The van der Waals surface area contributed by atoms with E-state index in [1.165, 1.54) is 31.2 Å². The number of nitrogens with one attached hydrogen (secondary N) is 1. The van der Waals surface area contributed by atoms with Crippen molar-refractivity contribution in [1.82, 2.24) is 0 Å². The topological polar surface area (TPSA) is 21.3 Å². The molecule has 1 N–H and O–H groups in total. The van der Waals surface area contributed by atoms with Gasteiger partial charge >= 0.3 is 0 Å². The molecular formula is C18H29NO. The third-order valence-corrected chi connectivity index (χ3v) is 4.51. The number of anilines is 1. The quantitative estimate of drug-likeness (QED) is 0.814. The summed E-state index contributed by atoms with van der Waals surface area (Å²) in [4.78, 5) is 0. The largest absolute Gasteiger partial charge is 0.492 e. The summed E-state index contributed by atoms with van der Waals surface area (Å²) in [6.45, 7) is 9.58. The number of benzene rings is 1. The van der Waals surface area contributed by atoms with Gasteiger partial charge in [0.05, 0.1) is 12.3 Å². The lowest BCUT2D eigenvalue weighted by molar-refractivity contribution is 0.266. The van der Waals surface area contributed by atoms with Crippen LogP contribution in [0.5, 0.6) is 5.75 Å². The second-order valence-electron chi connectivity index (χ2n) is 6.43. The molecule has 0 bridgehead atoms. The fourth-order valence-electron chi connectivity index (χ4n) is 3.17. The Morgan fingerprint density at radius 1 is 1.20 bits per heavy atom. The molecule has 0 aromatic heterocycles. The lowest BCUT2D eigenvalue weighted by Crippen LogP contribution is -2.28. The molecule has 1 aliphatic rings. The first-order chi connectivity index (χ1) is 9.60. The van der Waals surface area contributed by atoms with E-state index < -0.39 is 0 Å². The van der Waals surface area contributed by atoms with E-state index in [0.717, 1.165) is 29.9 Å². The van der Waals surface area contributed by atoms with Crippen molar-refractivity contribution in [2.75, 3.05) is 11.9 Å². The summed E-state index contributed by atoms with van der Waals surface area (Å²) in [6.07, 6.45) is 5.26.